The quantitative estimate of drug-likeness (QED) is 0.335. The van der Waals surface area contributed by atoms with Crippen molar-refractivity contribution in [1.82, 2.24) is 10.6 Å². The van der Waals surface area contributed by atoms with E-state index in [2.05, 4.69) is 16.0 Å². The van der Waals surface area contributed by atoms with Crippen LogP contribution >= 0.6 is 12.2 Å². The Balaban J connectivity index is 2.41. The molecule has 142 valence electrons. The lowest BCUT2D eigenvalue weighted by molar-refractivity contribution is -0.144. The first-order chi connectivity index (χ1) is 12.5. The van der Waals surface area contributed by atoms with E-state index in [1.54, 1.807) is 38.3 Å². The molecule has 0 atom stereocenters. The summed E-state index contributed by atoms with van der Waals surface area (Å²) < 4.78 is 9.61. The van der Waals surface area contributed by atoms with Gasteiger partial charge in [0.1, 0.15) is 0 Å². The summed E-state index contributed by atoms with van der Waals surface area (Å²) >= 11 is 5.05. The number of ether oxygens (including phenoxy) is 2. The van der Waals surface area contributed by atoms with E-state index < -0.39 is 5.97 Å². The maximum atomic E-state index is 11.9. The number of esters is 1. The molecule has 0 aliphatic heterocycles. The van der Waals surface area contributed by atoms with Gasteiger partial charge in [-0.1, -0.05) is 0 Å². The fraction of sp³-hybridized carbons (Fsp3) is 0.412. The molecule has 1 aromatic rings. The SMILES string of the molecule is CCOC(=O)CCC(=O)NC(=S)Nc1ccc(C(=O)NCCOC)cc1. The van der Waals surface area contributed by atoms with Crippen molar-refractivity contribution in [3.05, 3.63) is 29.8 Å². The number of rotatable bonds is 9. The molecule has 0 fully saturated rings. The van der Waals surface area contributed by atoms with E-state index in [9.17, 15) is 14.4 Å². The minimum atomic E-state index is -0.430. The Morgan fingerprint density at radius 2 is 1.81 bits per heavy atom. The first-order valence-corrected chi connectivity index (χ1v) is 8.50. The summed E-state index contributed by atoms with van der Waals surface area (Å²) in [4.78, 5) is 34.8. The summed E-state index contributed by atoms with van der Waals surface area (Å²) in [7, 11) is 1.56. The fourth-order valence-corrected chi connectivity index (χ4v) is 2.11. The number of carbonyl (C=O) groups is 3. The topological polar surface area (TPSA) is 106 Å². The van der Waals surface area contributed by atoms with Gasteiger partial charge >= 0.3 is 5.97 Å². The Labute approximate surface area is 157 Å². The van der Waals surface area contributed by atoms with Crippen LogP contribution in [0.1, 0.15) is 30.1 Å². The van der Waals surface area contributed by atoms with E-state index in [0.29, 0.717) is 24.4 Å². The van der Waals surface area contributed by atoms with Crippen LogP contribution in [0.4, 0.5) is 5.69 Å². The van der Waals surface area contributed by atoms with E-state index >= 15 is 0 Å². The summed E-state index contributed by atoms with van der Waals surface area (Å²) in [6.45, 7) is 2.85. The molecule has 0 saturated carbocycles. The Hall–Kier alpha value is -2.52. The molecule has 0 unspecified atom stereocenters. The van der Waals surface area contributed by atoms with Crippen LogP contribution < -0.4 is 16.0 Å². The van der Waals surface area contributed by atoms with E-state index in [-0.39, 0.29) is 36.4 Å². The number of methoxy groups -OCH3 is 1. The van der Waals surface area contributed by atoms with Gasteiger partial charge in [0.05, 0.1) is 19.6 Å². The molecule has 26 heavy (non-hydrogen) atoms. The van der Waals surface area contributed by atoms with Gasteiger partial charge in [-0.05, 0) is 43.4 Å². The van der Waals surface area contributed by atoms with Gasteiger partial charge in [-0.3, -0.25) is 14.4 Å². The highest BCUT2D eigenvalue weighted by Gasteiger charge is 2.10. The van der Waals surface area contributed by atoms with Crippen LogP contribution in [0.15, 0.2) is 24.3 Å². The monoisotopic (exact) mass is 381 g/mol. The average Bonchev–Trinajstić information content (AvgIpc) is 2.61. The summed E-state index contributed by atoms with van der Waals surface area (Å²) in [5.74, 6) is -1.02. The van der Waals surface area contributed by atoms with Gasteiger partial charge in [-0.15, -0.1) is 0 Å². The van der Waals surface area contributed by atoms with Crippen LogP contribution in [-0.2, 0) is 19.1 Å². The van der Waals surface area contributed by atoms with Crippen molar-refractivity contribution in [3.8, 4) is 0 Å². The Morgan fingerprint density at radius 3 is 2.42 bits per heavy atom. The minimum absolute atomic E-state index is 0.00480. The van der Waals surface area contributed by atoms with Crippen molar-refractivity contribution in [3.63, 3.8) is 0 Å². The molecule has 9 heteroatoms. The summed E-state index contributed by atoms with van der Waals surface area (Å²) in [5.41, 5.74) is 1.12. The van der Waals surface area contributed by atoms with Crippen LogP contribution in [0.5, 0.6) is 0 Å². The second kappa shape index (κ2) is 11.9. The van der Waals surface area contributed by atoms with Gasteiger partial charge < -0.3 is 25.4 Å². The lowest BCUT2D eigenvalue weighted by Crippen LogP contribution is -2.34. The molecule has 2 amide bonds. The molecule has 0 aromatic heterocycles. The van der Waals surface area contributed by atoms with Crippen molar-refractivity contribution in [2.45, 2.75) is 19.8 Å². The highest BCUT2D eigenvalue weighted by molar-refractivity contribution is 7.80. The van der Waals surface area contributed by atoms with Gasteiger partial charge in [0, 0.05) is 31.3 Å². The third-order valence-electron chi connectivity index (χ3n) is 3.11. The van der Waals surface area contributed by atoms with E-state index in [1.165, 1.54) is 0 Å². The lowest BCUT2D eigenvalue weighted by atomic mass is 10.2. The van der Waals surface area contributed by atoms with Crippen LogP contribution in [-0.4, -0.2) is 49.8 Å². The predicted molar refractivity (Wildman–Crippen MR) is 101 cm³/mol. The van der Waals surface area contributed by atoms with E-state index in [0.717, 1.165) is 0 Å². The second-order valence-electron chi connectivity index (χ2n) is 5.13. The normalized spacial score (nSPS) is 9.92. The largest absolute Gasteiger partial charge is 0.466 e. The molecular formula is C17H23N3O5S. The number of hydrogen-bond donors (Lipinski definition) is 3. The average molecular weight is 381 g/mol. The molecule has 0 heterocycles. The molecule has 1 rings (SSSR count). The van der Waals surface area contributed by atoms with Crippen LogP contribution in [0.3, 0.4) is 0 Å². The number of carbonyl (C=O) groups excluding carboxylic acids is 3. The highest BCUT2D eigenvalue weighted by Crippen LogP contribution is 2.09. The maximum Gasteiger partial charge on any atom is 0.306 e. The molecule has 0 radical (unpaired) electrons. The van der Waals surface area contributed by atoms with Crippen molar-refractivity contribution in [2.24, 2.45) is 0 Å². The number of amides is 2. The van der Waals surface area contributed by atoms with Crippen molar-refractivity contribution < 1.29 is 23.9 Å². The predicted octanol–water partition coefficient (Wildman–Crippen LogP) is 1.22. The van der Waals surface area contributed by atoms with E-state index in [1.807, 2.05) is 0 Å². The van der Waals surface area contributed by atoms with Crippen LogP contribution in [0.25, 0.3) is 0 Å². The molecule has 0 bridgehead atoms. The summed E-state index contributed by atoms with van der Waals surface area (Å²) in [6, 6.07) is 6.61. The highest BCUT2D eigenvalue weighted by atomic mass is 32.1. The Kier molecular flexibility index (Phi) is 9.88. The number of nitrogens with one attached hydrogen (secondary N) is 3. The molecular weight excluding hydrogens is 358 g/mol. The van der Waals surface area contributed by atoms with Crippen molar-refractivity contribution in [1.29, 1.82) is 0 Å². The molecule has 0 saturated heterocycles. The third-order valence-corrected chi connectivity index (χ3v) is 3.32. The van der Waals surface area contributed by atoms with Gasteiger partial charge in [-0.25, -0.2) is 0 Å². The number of anilines is 1. The number of hydrogen-bond acceptors (Lipinski definition) is 6. The zero-order valence-corrected chi connectivity index (χ0v) is 15.6. The standard InChI is InChI=1S/C17H23N3O5S/c1-3-25-15(22)9-8-14(21)20-17(26)19-13-6-4-12(5-7-13)16(23)18-10-11-24-2/h4-7H,3,8-11H2,1-2H3,(H,18,23)(H2,19,20,21,26). The zero-order chi connectivity index (χ0) is 19.4. The molecule has 0 aliphatic rings. The van der Waals surface area contributed by atoms with Crippen LogP contribution in [0, 0.1) is 0 Å². The van der Waals surface area contributed by atoms with Gasteiger partial charge in [0.2, 0.25) is 5.91 Å². The van der Waals surface area contributed by atoms with Crippen molar-refractivity contribution in [2.75, 3.05) is 32.2 Å². The van der Waals surface area contributed by atoms with Gasteiger partial charge in [-0.2, -0.15) is 0 Å². The third kappa shape index (κ3) is 8.54. The smallest absolute Gasteiger partial charge is 0.306 e. The van der Waals surface area contributed by atoms with Crippen LogP contribution in [0.2, 0.25) is 0 Å². The lowest BCUT2D eigenvalue weighted by Gasteiger charge is -2.10. The number of thiocarbonyl (C=S) groups is 1. The van der Waals surface area contributed by atoms with Crippen molar-refractivity contribution >= 4 is 40.8 Å². The Bertz CT molecular complexity index is 634. The number of benzene rings is 1. The summed E-state index contributed by atoms with van der Waals surface area (Å²) in [6.07, 6.45) is -0.0175. The fourth-order valence-electron chi connectivity index (χ4n) is 1.87. The van der Waals surface area contributed by atoms with E-state index in [4.69, 9.17) is 21.7 Å². The molecule has 8 nitrogen and oxygen atoms in total. The molecule has 0 spiro atoms. The second-order valence-corrected chi connectivity index (χ2v) is 5.54. The van der Waals surface area contributed by atoms with Gasteiger partial charge in [0.15, 0.2) is 5.11 Å². The molecule has 1 aromatic carbocycles. The molecule has 0 aliphatic carbocycles. The molecule has 3 N–H and O–H groups in total. The maximum absolute atomic E-state index is 11.9. The zero-order valence-electron chi connectivity index (χ0n) is 14.8. The van der Waals surface area contributed by atoms with Gasteiger partial charge in [0.25, 0.3) is 5.91 Å². The minimum Gasteiger partial charge on any atom is -0.466 e. The first kappa shape index (κ1) is 21.5. The summed E-state index contributed by atoms with van der Waals surface area (Å²) in [5, 5.41) is 8.13. The Morgan fingerprint density at radius 1 is 1.12 bits per heavy atom. The first-order valence-electron chi connectivity index (χ1n) is 8.10.